The molecular weight excluding hydrogens is 299 g/mol. The van der Waals surface area contributed by atoms with E-state index in [9.17, 15) is 9.18 Å². The first-order valence-corrected chi connectivity index (χ1v) is 7.52. The molecule has 3 N–H and O–H groups in total. The van der Waals surface area contributed by atoms with Gasteiger partial charge in [-0.05, 0) is 24.5 Å². The number of fused-ring (bicyclic) bond motifs is 2. The zero-order chi connectivity index (χ0) is 16.0. The molecule has 0 aliphatic carbocycles. The van der Waals surface area contributed by atoms with Crippen LogP contribution in [0.15, 0.2) is 30.7 Å². The first-order chi connectivity index (χ1) is 11.1. The first kappa shape index (κ1) is 14.1. The molecule has 3 aliphatic rings. The summed E-state index contributed by atoms with van der Waals surface area (Å²) in [6.45, 7) is 1.53. The third kappa shape index (κ3) is 2.26. The van der Waals surface area contributed by atoms with Crippen LogP contribution in [-0.4, -0.2) is 50.4 Å². The summed E-state index contributed by atoms with van der Waals surface area (Å²) < 4.78 is 14.4. The summed E-state index contributed by atoms with van der Waals surface area (Å²) >= 11 is 0. The van der Waals surface area contributed by atoms with E-state index in [1.54, 1.807) is 17.2 Å². The van der Waals surface area contributed by atoms with E-state index in [4.69, 9.17) is 5.73 Å². The van der Waals surface area contributed by atoms with Gasteiger partial charge in [0.25, 0.3) is 0 Å². The minimum atomic E-state index is -0.402. The van der Waals surface area contributed by atoms with Crippen LogP contribution in [0, 0.1) is 5.82 Å². The van der Waals surface area contributed by atoms with Crippen molar-refractivity contribution < 1.29 is 9.18 Å². The molecule has 0 saturated carbocycles. The Labute approximate surface area is 132 Å². The molecule has 5 rings (SSSR count). The molecule has 3 fully saturated rings. The maximum Gasteiger partial charge on any atom is 0.315 e. The Morgan fingerprint density at radius 1 is 1.48 bits per heavy atom. The number of nitrogens with zero attached hydrogens (tertiary/aromatic N) is 4. The van der Waals surface area contributed by atoms with E-state index >= 15 is 0 Å². The van der Waals surface area contributed by atoms with E-state index in [1.165, 1.54) is 10.9 Å². The fraction of sp³-hybridized carbons (Fsp3) is 0.400. The van der Waals surface area contributed by atoms with Crippen LogP contribution in [0.25, 0.3) is 5.82 Å². The number of aromatic nitrogens is 3. The Balaban J connectivity index is 1.54. The van der Waals surface area contributed by atoms with Gasteiger partial charge >= 0.3 is 6.03 Å². The number of urea groups is 1. The lowest BCUT2D eigenvalue weighted by Gasteiger charge is -2.61. The summed E-state index contributed by atoms with van der Waals surface area (Å²) in [5.41, 5.74) is 6.28. The zero-order valence-electron chi connectivity index (χ0n) is 12.4. The van der Waals surface area contributed by atoms with Crippen LogP contribution in [0.1, 0.15) is 12.0 Å². The number of nitrogens with one attached hydrogen (secondary N) is 1. The van der Waals surface area contributed by atoms with Crippen LogP contribution < -0.4 is 11.1 Å². The molecule has 2 unspecified atom stereocenters. The minimum absolute atomic E-state index is 0.195. The molecule has 2 atom stereocenters. The number of carbonyl (C=O) groups excluding carboxylic acids is 1. The summed E-state index contributed by atoms with van der Waals surface area (Å²) in [7, 11) is 0. The SMILES string of the molecule is NC(=O)N1C2CNCC1(Cc1ccc(-n3cc(F)cn3)nc1)C2. The number of nitrogens with two attached hydrogens (primary N) is 1. The van der Waals surface area contributed by atoms with Crippen LogP contribution >= 0.6 is 0 Å². The quantitative estimate of drug-likeness (QED) is 0.860. The summed E-state index contributed by atoms with van der Waals surface area (Å²) in [5, 5.41) is 7.23. The topological polar surface area (TPSA) is 89.1 Å². The Morgan fingerprint density at radius 3 is 2.96 bits per heavy atom. The highest BCUT2D eigenvalue weighted by molar-refractivity contribution is 5.75. The largest absolute Gasteiger partial charge is 0.351 e. The Morgan fingerprint density at radius 2 is 2.35 bits per heavy atom. The molecule has 0 spiro atoms. The van der Waals surface area contributed by atoms with Crippen molar-refractivity contribution in [2.24, 2.45) is 5.73 Å². The molecule has 3 saturated heterocycles. The number of hydrogen-bond acceptors (Lipinski definition) is 4. The second-order valence-electron chi connectivity index (χ2n) is 6.23. The normalized spacial score (nSPS) is 26.0. The molecule has 8 heteroatoms. The van der Waals surface area contributed by atoms with Gasteiger partial charge in [-0.15, -0.1) is 0 Å². The zero-order valence-corrected chi connectivity index (χ0v) is 12.4. The summed E-state index contributed by atoms with van der Waals surface area (Å²) in [6, 6.07) is 3.55. The number of halogens is 1. The van der Waals surface area contributed by atoms with Crippen molar-refractivity contribution in [3.05, 3.63) is 42.1 Å². The Kier molecular flexibility index (Phi) is 3.08. The molecule has 120 valence electrons. The number of primary amides is 1. The molecule has 2 amide bonds. The van der Waals surface area contributed by atoms with Crippen molar-refractivity contribution in [2.75, 3.05) is 13.1 Å². The van der Waals surface area contributed by atoms with Crippen molar-refractivity contribution >= 4 is 6.03 Å². The summed E-state index contributed by atoms with van der Waals surface area (Å²) in [6.07, 6.45) is 5.80. The Hall–Kier alpha value is -2.48. The number of rotatable bonds is 3. The minimum Gasteiger partial charge on any atom is -0.351 e. The van der Waals surface area contributed by atoms with Crippen molar-refractivity contribution in [1.82, 2.24) is 25.0 Å². The highest BCUT2D eigenvalue weighted by Crippen LogP contribution is 2.41. The van der Waals surface area contributed by atoms with E-state index in [1.807, 2.05) is 6.07 Å². The molecule has 0 aromatic carbocycles. The van der Waals surface area contributed by atoms with Crippen molar-refractivity contribution in [1.29, 1.82) is 0 Å². The number of piperidine rings is 1. The van der Waals surface area contributed by atoms with Gasteiger partial charge in [-0.3, -0.25) is 0 Å². The average Bonchev–Trinajstić information content (AvgIpc) is 2.94. The van der Waals surface area contributed by atoms with Gasteiger partial charge in [0.15, 0.2) is 11.6 Å². The molecule has 2 bridgehead atoms. The van der Waals surface area contributed by atoms with E-state index in [-0.39, 0.29) is 17.6 Å². The molecule has 0 radical (unpaired) electrons. The van der Waals surface area contributed by atoms with Gasteiger partial charge in [0.2, 0.25) is 0 Å². The van der Waals surface area contributed by atoms with Crippen LogP contribution in [-0.2, 0) is 6.42 Å². The second kappa shape index (κ2) is 5.02. The molecule has 2 aromatic rings. The maximum absolute atomic E-state index is 13.0. The van der Waals surface area contributed by atoms with E-state index in [0.29, 0.717) is 12.2 Å². The van der Waals surface area contributed by atoms with Crippen LogP contribution in [0.4, 0.5) is 9.18 Å². The van der Waals surface area contributed by atoms with Crippen molar-refractivity contribution in [3.63, 3.8) is 0 Å². The molecule has 3 aliphatic heterocycles. The highest BCUT2D eigenvalue weighted by Gasteiger charge is 2.55. The predicted molar refractivity (Wildman–Crippen MR) is 80.4 cm³/mol. The third-order valence-electron chi connectivity index (χ3n) is 4.69. The smallest absolute Gasteiger partial charge is 0.315 e. The fourth-order valence-electron chi connectivity index (χ4n) is 3.79. The van der Waals surface area contributed by atoms with Gasteiger partial charge in [-0.1, -0.05) is 6.07 Å². The van der Waals surface area contributed by atoms with Gasteiger partial charge in [-0.2, -0.15) is 5.10 Å². The lowest BCUT2D eigenvalue weighted by atomic mass is 9.72. The lowest BCUT2D eigenvalue weighted by molar-refractivity contribution is -0.0569. The molecule has 2 aromatic heterocycles. The molecule has 23 heavy (non-hydrogen) atoms. The molecular formula is C15H17FN6O. The van der Waals surface area contributed by atoms with E-state index in [2.05, 4.69) is 15.4 Å². The second-order valence-corrected chi connectivity index (χ2v) is 6.23. The first-order valence-electron chi connectivity index (χ1n) is 7.52. The number of hydrogen-bond donors (Lipinski definition) is 2. The predicted octanol–water partition coefficient (Wildman–Crippen LogP) is 0.444. The summed E-state index contributed by atoms with van der Waals surface area (Å²) in [5.74, 6) is 0.149. The van der Waals surface area contributed by atoms with Crippen molar-refractivity contribution in [3.8, 4) is 5.82 Å². The molecule has 5 heterocycles. The summed E-state index contributed by atoms with van der Waals surface area (Å²) in [4.78, 5) is 17.8. The van der Waals surface area contributed by atoms with Crippen LogP contribution in [0.3, 0.4) is 0 Å². The van der Waals surface area contributed by atoms with Gasteiger partial charge in [0.1, 0.15) is 0 Å². The average molecular weight is 316 g/mol. The van der Waals surface area contributed by atoms with E-state index < -0.39 is 5.82 Å². The van der Waals surface area contributed by atoms with Crippen molar-refractivity contribution in [2.45, 2.75) is 24.4 Å². The highest BCUT2D eigenvalue weighted by atomic mass is 19.1. The Bertz CT molecular complexity index is 741. The van der Waals surface area contributed by atoms with Gasteiger partial charge < -0.3 is 16.0 Å². The number of carbonyl (C=O) groups is 1. The number of piperazine rings is 1. The van der Waals surface area contributed by atoms with Crippen LogP contribution in [0.5, 0.6) is 0 Å². The number of pyridine rings is 1. The standard InChI is InChI=1S/C15H17FN6O/c16-11-6-20-21(8-11)13-2-1-10(5-19-13)3-15-4-12(7-18-9-15)22(15)14(17)23/h1-2,5-6,8,12,18H,3-4,7,9H2,(H2,17,23). The molecule has 7 nitrogen and oxygen atoms in total. The number of amides is 2. The van der Waals surface area contributed by atoms with Crippen LogP contribution in [0.2, 0.25) is 0 Å². The van der Waals surface area contributed by atoms with Gasteiger partial charge in [0, 0.05) is 25.3 Å². The monoisotopic (exact) mass is 316 g/mol. The lowest BCUT2D eigenvalue weighted by Crippen LogP contribution is -2.79. The fourth-order valence-corrected chi connectivity index (χ4v) is 3.79. The third-order valence-corrected chi connectivity index (χ3v) is 4.69. The van der Waals surface area contributed by atoms with E-state index in [0.717, 1.165) is 31.3 Å². The van der Waals surface area contributed by atoms with Gasteiger partial charge in [0.05, 0.1) is 17.9 Å². The maximum atomic E-state index is 13.0. The van der Waals surface area contributed by atoms with Gasteiger partial charge in [-0.25, -0.2) is 18.9 Å².